The molecule has 1 aromatic rings. The molecule has 1 fully saturated rings. The summed E-state index contributed by atoms with van der Waals surface area (Å²) < 4.78 is 0. The quantitative estimate of drug-likeness (QED) is 0.845. The van der Waals surface area contributed by atoms with Crippen molar-refractivity contribution in [2.24, 2.45) is 5.92 Å². The van der Waals surface area contributed by atoms with Crippen molar-refractivity contribution >= 4 is 6.03 Å². The molecule has 5 heteroatoms. The van der Waals surface area contributed by atoms with Crippen molar-refractivity contribution in [2.75, 3.05) is 13.1 Å². The van der Waals surface area contributed by atoms with Crippen LogP contribution in [0.1, 0.15) is 18.4 Å². The minimum absolute atomic E-state index is 0.0780. The molecule has 2 amide bonds. The molecule has 1 heterocycles. The van der Waals surface area contributed by atoms with Gasteiger partial charge in [0.2, 0.25) is 0 Å². The second-order valence-electron chi connectivity index (χ2n) is 4.57. The zero-order valence-corrected chi connectivity index (χ0v) is 10.7. The number of nitrogens with one attached hydrogen (secondary N) is 1. The molecule has 19 heavy (non-hydrogen) atoms. The SMILES string of the molecule is N#CC1CCN(C(=O)NOCc2ccccc2)CC1. The summed E-state index contributed by atoms with van der Waals surface area (Å²) in [6, 6.07) is 11.7. The van der Waals surface area contributed by atoms with Gasteiger partial charge in [-0.1, -0.05) is 30.3 Å². The Balaban J connectivity index is 1.69. The summed E-state index contributed by atoms with van der Waals surface area (Å²) in [6.45, 7) is 1.57. The predicted octanol–water partition coefficient (Wildman–Crippen LogP) is 2.06. The summed E-state index contributed by atoms with van der Waals surface area (Å²) in [7, 11) is 0. The fourth-order valence-corrected chi connectivity index (χ4v) is 2.03. The van der Waals surface area contributed by atoms with Gasteiger partial charge in [-0.3, -0.25) is 4.84 Å². The summed E-state index contributed by atoms with van der Waals surface area (Å²) in [5.74, 6) is 0.0780. The zero-order chi connectivity index (χ0) is 13.5. The average molecular weight is 259 g/mol. The summed E-state index contributed by atoms with van der Waals surface area (Å²) in [6.07, 6.45) is 1.48. The van der Waals surface area contributed by atoms with E-state index >= 15 is 0 Å². The number of hydrogen-bond donors (Lipinski definition) is 1. The number of rotatable bonds is 3. The van der Waals surface area contributed by atoms with Gasteiger partial charge < -0.3 is 4.90 Å². The highest BCUT2D eigenvalue weighted by Gasteiger charge is 2.22. The Labute approximate surface area is 112 Å². The van der Waals surface area contributed by atoms with E-state index < -0.39 is 0 Å². The van der Waals surface area contributed by atoms with Crippen LogP contribution in [-0.4, -0.2) is 24.0 Å². The number of nitriles is 1. The molecular formula is C14H17N3O2. The summed E-state index contributed by atoms with van der Waals surface area (Å²) in [5.41, 5.74) is 3.44. The van der Waals surface area contributed by atoms with Gasteiger partial charge in [0.25, 0.3) is 0 Å². The van der Waals surface area contributed by atoms with Crippen LogP contribution in [0, 0.1) is 17.2 Å². The van der Waals surface area contributed by atoms with Crippen LogP contribution < -0.4 is 5.48 Å². The molecule has 0 bridgehead atoms. The molecule has 0 aliphatic carbocycles. The van der Waals surface area contributed by atoms with Crippen molar-refractivity contribution in [3.63, 3.8) is 0 Å². The number of nitrogens with zero attached hydrogens (tertiary/aromatic N) is 2. The Morgan fingerprint density at radius 2 is 2.05 bits per heavy atom. The molecule has 1 aromatic carbocycles. The second kappa shape index (κ2) is 6.76. The molecule has 0 saturated carbocycles. The van der Waals surface area contributed by atoms with Crippen molar-refractivity contribution in [1.29, 1.82) is 5.26 Å². The monoisotopic (exact) mass is 259 g/mol. The van der Waals surface area contributed by atoms with Crippen molar-refractivity contribution in [1.82, 2.24) is 10.4 Å². The summed E-state index contributed by atoms with van der Waals surface area (Å²) in [5, 5.41) is 8.79. The fourth-order valence-electron chi connectivity index (χ4n) is 2.03. The van der Waals surface area contributed by atoms with E-state index in [1.165, 1.54) is 0 Å². The Morgan fingerprint density at radius 3 is 2.68 bits per heavy atom. The number of urea groups is 1. The summed E-state index contributed by atoms with van der Waals surface area (Å²) >= 11 is 0. The van der Waals surface area contributed by atoms with Crippen LogP contribution >= 0.6 is 0 Å². The van der Waals surface area contributed by atoms with Gasteiger partial charge in [-0.15, -0.1) is 0 Å². The first kappa shape index (κ1) is 13.4. The Hall–Kier alpha value is -2.06. The number of carbonyl (C=O) groups excluding carboxylic acids is 1. The Kier molecular flexibility index (Phi) is 4.76. The molecule has 0 spiro atoms. The van der Waals surface area contributed by atoms with Crippen LogP contribution in [0.2, 0.25) is 0 Å². The molecule has 0 atom stereocenters. The van der Waals surface area contributed by atoms with Gasteiger partial charge in [-0.05, 0) is 18.4 Å². The minimum Gasteiger partial charge on any atom is -0.323 e. The van der Waals surface area contributed by atoms with E-state index in [1.807, 2.05) is 30.3 Å². The third-order valence-corrected chi connectivity index (χ3v) is 3.21. The van der Waals surface area contributed by atoms with Gasteiger partial charge in [-0.2, -0.15) is 5.26 Å². The van der Waals surface area contributed by atoms with Gasteiger partial charge in [0.15, 0.2) is 0 Å². The van der Waals surface area contributed by atoms with Gasteiger partial charge in [0.05, 0.1) is 12.7 Å². The fraction of sp³-hybridized carbons (Fsp3) is 0.429. The maximum atomic E-state index is 11.8. The highest BCUT2D eigenvalue weighted by atomic mass is 16.7. The van der Waals surface area contributed by atoms with Crippen LogP contribution in [0.25, 0.3) is 0 Å². The van der Waals surface area contributed by atoms with E-state index in [-0.39, 0.29) is 11.9 Å². The van der Waals surface area contributed by atoms with Gasteiger partial charge >= 0.3 is 6.03 Å². The molecule has 0 unspecified atom stereocenters. The van der Waals surface area contributed by atoms with E-state index in [2.05, 4.69) is 11.5 Å². The number of benzene rings is 1. The standard InChI is InChI=1S/C14H17N3O2/c15-10-12-6-8-17(9-7-12)14(18)16-19-11-13-4-2-1-3-5-13/h1-5,12H,6-9,11H2,(H,16,18). The number of piperidine rings is 1. The number of hydroxylamine groups is 1. The smallest absolute Gasteiger partial charge is 0.323 e. The molecule has 0 radical (unpaired) electrons. The molecule has 1 N–H and O–H groups in total. The molecule has 100 valence electrons. The van der Waals surface area contributed by atoms with E-state index in [1.54, 1.807) is 4.90 Å². The zero-order valence-electron chi connectivity index (χ0n) is 10.7. The number of carbonyl (C=O) groups is 1. The van der Waals surface area contributed by atoms with E-state index in [4.69, 9.17) is 10.1 Å². The van der Waals surface area contributed by atoms with Crippen molar-refractivity contribution in [3.8, 4) is 6.07 Å². The lowest BCUT2D eigenvalue weighted by molar-refractivity contribution is 0.0337. The van der Waals surface area contributed by atoms with Crippen LogP contribution in [0.15, 0.2) is 30.3 Å². The van der Waals surface area contributed by atoms with E-state index in [9.17, 15) is 4.79 Å². The third kappa shape index (κ3) is 3.97. The molecular weight excluding hydrogens is 242 g/mol. The van der Waals surface area contributed by atoms with Crippen molar-refractivity contribution in [2.45, 2.75) is 19.4 Å². The maximum Gasteiger partial charge on any atom is 0.341 e. The number of likely N-dealkylation sites (tertiary alicyclic amines) is 1. The Bertz CT molecular complexity index is 448. The summed E-state index contributed by atoms with van der Waals surface area (Å²) in [4.78, 5) is 18.7. The van der Waals surface area contributed by atoms with Gasteiger partial charge in [-0.25, -0.2) is 10.3 Å². The first-order valence-corrected chi connectivity index (χ1v) is 6.40. The first-order valence-electron chi connectivity index (χ1n) is 6.40. The van der Waals surface area contributed by atoms with E-state index in [0.29, 0.717) is 19.7 Å². The molecule has 1 saturated heterocycles. The van der Waals surface area contributed by atoms with Crippen LogP contribution in [0.5, 0.6) is 0 Å². The van der Waals surface area contributed by atoms with Crippen LogP contribution in [0.4, 0.5) is 4.79 Å². The average Bonchev–Trinajstić information content (AvgIpc) is 2.48. The lowest BCUT2D eigenvalue weighted by Crippen LogP contribution is -2.44. The highest BCUT2D eigenvalue weighted by molar-refractivity contribution is 5.73. The normalized spacial score (nSPS) is 15.8. The second-order valence-corrected chi connectivity index (χ2v) is 4.57. The lowest BCUT2D eigenvalue weighted by atomic mass is 9.99. The Morgan fingerprint density at radius 1 is 1.37 bits per heavy atom. The molecule has 1 aliphatic rings. The number of amides is 2. The number of hydrogen-bond acceptors (Lipinski definition) is 3. The van der Waals surface area contributed by atoms with Crippen LogP contribution in [0.3, 0.4) is 0 Å². The molecule has 5 nitrogen and oxygen atoms in total. The highest BCUT2D eigenvalue weighted by Crippen LogP contribution is 2.15. The maximum absolute atomic E-state index is 11.8. The third-order valence-electron chi connectivity index (χ3n) is 3.21. The van der Waals surface area contributed by atoms with Crippen molar-refractivity contribution < 1.29 is 9.63 Å². The van der Waals surface area contributed by atoms with E-state index in [0.717, 1.165) is 18.4 Å². The van der Waals surface area contributed by atoms with Crippen molar-refractivity contribution in [3.05, 3.63) is 35.9 Å². The predicted molar refractivity (Wildman–Crippen MR) is 69.7 cm³/mol. The molecule has 2 rings (SSSR count). The minimum atomic E-state index is -0.229. The molecule has 0 aromatic heterocycles. The largest absolute Gasteiger partial charge is 0.341 e. The lowest BCUT2D eigenvalue weighted by Gasteiger charge is -2.28. The van der Waals surface area contributed by atoms with Crippen LogP contribution in [-0.2, 0) is 11.4 Å². The molecule has 1 aliphatic heterocycles. The van der Waals surface area contributed by atoms with Gasteiger partial charge in [0, 0.05) is 19.0 Å². The topological polar surface area (TPSA) is 65.4 Å². The first-order chi connectivity index (χ1) is 9.29. The van der Waals surface area contributed by atoms with Gasteiger partial charge in [0.1, 0.15) is 0 Å².